The van der Waals surface area contributed by atoms with Gasteiger partial charge in [0.25, 0.3) is 0 Å². The van der Waals surface area contributed by atoms with Crippen LogP contribution in [-0.4, -0.2) is 102 Å². The fourth-order valence-corrected chi connectivity index (χ4v) is 11.0. The highest BCUT2D eigenvalue weighted by atomic mass is 32.2. The molecule has 0 spiro atoms. The third kappa shape index (κ3) is 6.73. The second kappa shape index (κ2) is 12.8. The molecule has 5 saturated carbocycles. The second-order valence-electron chi connectivity index (χ2n) is 17.9. The van der Waals surface area contributed by atoms with Crippen molar-refractivity contribution in [3.63, 3.8) is 0 Å². The average Bonchev–Trinajstić information content (AvgIpc) is 3.99. The van der Waals surface area contributed by atoms with Crippen molar-refractivity contribution in [1.82, 2.24) is 30.5 Å². The molecule has 6 fully saturated rings. The normalized spacial score (nSPS) is 32.2. The molecule has 14 heteroatoms. The van der Waals surface area contributed by atoms with Gasteiger partial charge in [-0.25, -0.2) is 17.5 Å². The minimum Gasteiger partial charge on any atom is -0.332 e. The maximum atomic E-state index is 14.6. The standard InChI is InChI=1S/C36H58N6O7S/c1-8-12-23-27(43)29(44)36(23,38-21-13-14-21)39-30(45)26-25-24(34(25,5)6)19-42(26)31(46)28(33(2,3)4)37-32(47)40-35(17-10-9-11-18-35)20-50(48,49)41(7)22-15-16-22/h21-26,28,38H,8-20H2,1-7H3,(H,39,45)(H2,37,40,47). The van der Waals surface area contributed by atoms with Gasteiger partial charge in [0.05, 0.1) is 17.2 Å². The molecule has 0 aromatic heterocycles. The molecule has 6 unspecified atom stereocenters. The number of fused-ring (bicyclic) bond motifs is 1. The van der Waals surface area contributed by atoms with Gasteiger partial charge in [-0.1, -0.05) is 67.2 Å². The summed E-state index contributed by atoms with van der Waals surface area (Å²) in [6.07, 6.45) is 8.11. The van der Waals surface area contributed by atoms with Gasteiger partial charge in [-0.3, -0.25) is 24.5 Å². The quantitative estimate of drug-likeness (QED) is 0.166. The van der Waals surface area contributed by atoms with Gasteiger partial charge < -0.3 is 20.9 Å². The Morgan fingerprint density at radius 3 is 2.20 bits per heavy atom. The third-order valence-electron chi connectivity index (χ3n) is 12.6. The lowest BCUT2D eigenvalue weighted by molar-refractivity contribution is -0.162. The predicted octanol–water partition coefficient (Wildman–Crippen LogP) is 2.44. The predicted molar refractivity (Wildman–Crippen MR) is 187 cm³/mol. The van der Waals surface area contributed by atoms with Crippen LogP contribution in [0.5, 0.6) is 0 Å². The van der Waals surface area contributed by atoms with Crippen LogP contribution in [0.3, 0.4) is 0 Å². The van der Waals surface area contributed by atoms with E-state index >= 15 is 0 Å². The first-order chi connectivity index (χ1) is 23.3. The number of rotatable bonds is 13. The molecule has 6 atom stereocenters. The van der Waals surface area contributed by atoms with Gasteiger partial charge in [0.15, 0.2) is 5.66 Å². The van der Waals surface area contributed by atoms with Crippen LogP contribution in [-0.2, 0) is 29.2 Å². The summed E-state index contributed by atoms with van der Waals surface area (Å²) < 4.78 is 28.3. The van der Waals surface area contributed by atoms with Crippen LogP contribution in [0.15, 0.2) is 0 Å². The summed E-state index contributed by atoms with van der Waals surface area (Å²) in [4.78, 5) is 70.3. The lowest BCUT2D eigenvalue weighted by Gasteiger charge is -2.48. The number of carbonyl (C=O) groups excluding carboxylic acids is 5. The zero-order valence-electron chi connectivity index (χ0n) is 30.9. The molecular formula is C36H58N6O7S. The molecule has 0 aromatic rings. The summed E-state index contributed by atoms with van der Waals surface area (Å²) in [6, 6.07) is -2.46. The largest absolute Gasteiger partial charge is 0.332 e. The van der Waals surface area contributed by atoms with E-state index in [9.17, 15) is 32.4 Å². The fourth-order valence-electron chi connectivity index (χ4n) is 9.12. The Kier molecular flexibility index (Phi) is 9.54. The summed E-state index contributed by atoms with van der Waals surface area (Å²) in [5.74, 6) is -2.91. The van der Waals surface area contributed by atoms with Crippen LogP contribution in [0.25, 0.3) is 0 Å². The lowest BCUT2D eigenvalue weighted by Crippen LogP contribution is -2.80. The van der Waals surface area contributed by atoms with Crippen LogP contribution in [0.2, 0.25) is 0 Å². The monoisotopic (exact) mass is 718 g/mol. The number of nitrogens with one attached hydrogen (secondary N) is 4. The van der Waals surface area contributed by atoms with Crippen molar-refractivity contribution < 1.29 is 32.4 Å². The van der Waals surface area contributed by atoms with E-state index in [2.05, 4.69) is 35.1 Å². The first kappa shape index (κ1) is 37.2. The van der Waals surface area contributed by atoms with E-state index in [-0.39, 0.29) is 35.1 Å². The van der Waals surface area contributed by atoms with Crippen LogP contribution in [0.1, 0.15) is 112 Å². The molecular weight excluding hydrogens is 660 g/mol. The van der Waals surface area contributed by atoms with Gasteiger partial charge in [-0.05, 0) is 67.6 Å². The van der Waals surface area contributed by atoms with E-state index < -0.39 is 74.1 Å². The molecule has 280 valence electrons. The van der Waals surface area contributed by atoms with Gasteiger partial charge in [-0.15, -0.1) is 0 Å². The highest BCUT2D eigenvalue weighted by Gasteiger charge is 2.71. The van der Waals surface area contributed by atoms with Crippen molar-refractivity contribution in [2.24, 2.45) is 28.6 Å². The number of piperidine rings is 1. The Bertz CT molecular complexity index is 1530. The van der Waals surface area contributed by atoms with Gasteiger partial charge in [0.1, 0.15) is 12.1 Å². The molecule has 1 saturated heterocycles. The van der Waals surface area contributed by atoms with E-state index in [1.54, 1.807) is 11.9 Å². The second-order valence-corrected chi connectivity index (χ2v) is 19.9. The Hall–Kier alpha value is -2.58. The summed E-state index contributed by atoms with van der Waals surface area (Å²) in [5.41, 5.74) is -3.39. The van der Waals surface area contributed by atoms with Crippen LogP contribution in [0.4, 0.5) is 4.79 Å². The first-order valence-electron chi connectivity index (χ1n) is 18.8. The number of nitrogens with zero attached hydrogens (tertiary/aromatic N) is 2. The zero-order chi connectivity index (χ0) is 36.6. The number of sulfonamides is 1. The van der Waals surface area contributed by atoms with Crippen LogP contribution in [0, 0.1) is 28.6 Å². The summed E-state index contributed by atoms with van der Waals surface area (Å²) >= 11 is 0. The van der Waals surface area contributed by atoms with Crippen LogP contribution < -0.4 is 21.3 Å². The molecule has 5 aliphatic carbocycles. The maximum absolute atomic E-state index is 14.6. The van der Waals surface area contributed by atoms with Crippen LogP contribution >= 0.6 is 0 Å². The van der Waals surface area contributed by atoms with Crippen molar-refractivity contribution in [3.8, 4) is 0 Å². The SMILES string of the molecule is CCCC1C(=O)C(=O)C1(NC(=O)C1C2C(CN1C(=O)C(NC(=O)NC1(CS(=O)(=O)N(C)C3CC3)CCCCC1)C(C)(C)C)C2(C)C)NC1CC1. The molecule has 6 rings (SSSR count). The Morgan fingerprint density at radius 2 is 1.64 bits per heavy atom. The molecule has 1 heterocycles. The molecule has 1 aliphatic heterocycles. The highest BCUT2D eigenvalue weighted by Crippen LogP contribution is 2.65. The molecule has 0 bridgehead atoms. The average molecular weight is 719 g/mol. The summed E-state index contributed by atoms with van der Waals surface area (Å²) in [5, 5.41) is 12.2. The fraction of sp³-hybridized carbons (Fsp3) is 0.861. The molecule has 4 N–H and O–H groups in total. The maximum Gasteiger partial charge on any atom is 0.315 e. The van der Waals surface area contributed by atoms with E-state index in [0.29, 0.717) is 32.2 Å². The van der Waals surface area contributed by atoms with Gasteiger partial charge >= 0.3 is 6.03 Å². The topological polar surface area (TPSA) is 174 Å². The lowest BCUT2D eigenvalue weighted by atomic mass is 9.67. The van der Waals surface area contributed by atoms with E-state index in [1.165, 1.54) is 4.31 Å². The van der Waals surface area contributed by atoms with Crippen molar-refractivity contribution in [1.29, 1.82) is 0 Å². The Balaban J connectivity index is 1.21. The minimum absolute atomic E-state index is 0.0129. The van der Waals surface area contributed by atoms with Crippen molar-refractivity contribution in [3.05, 3.63) is 0 Å². The van der Waals surface area contributed by atoms with Crippen molar-refractivity contribution in [2.75, 3.05) is 19.3 Å². The van der Waals surface area contributed by atoms with E-state index in [0.717, 1.165) is 44.9 Å². The molecule has 0 radical (unpaired) electrons. The summed E-state index contributed by atoms with van der Waals surface area (Å²) in [7, 11) is -2.02. The molecule has 0 aromatic carbocycles. The molecule has 50 heavy (non-hydrogen) atoms. The van der Waals surface area contributed by atoms with Crippen molar-refractivity contribution in [2.45, 2.75) is 148 Å². The molecule has 6 aliphatic rings. The van der Waals surface area contributed by atoms with Gasteiger partial charge in [-0.2, -0.15) is 0 Å². The molecule has 4 amide bonds. The Morgan fingerprint density at radius 1 is 1.00 bits per heavy atom. The molecule has 13 nitrogen and oxygen atoms in total. The van der Waals surface area contributed by atoms with Gasteiger partial charge in [0, 0.05) is 25.7 Å². The zero-order valence-corrected chi connectivity index (χ0v) is 31.7. The van der Waals surface area contributed by atoms with Crippen molar-refractivity contribution >= 4 is 39.4 Å². The minimum atomic E-state index is -3.63. The number of amides is 4. The number of urea groups is 1. The third-order valence-corrected chi connectivity index (χ3v) is 14.7. The number of ketones is 2. The number of Topliss-reactive ketones (excluding diaryl/α,β-unsaturated/α-hetero) is 2. The van der Waals surface area contributed by atoms with Gasteiger partial charge in [0.2, 0.25) is 33.4 Å². The highest BCUT2D eigenvalue weighted by molar-refractivity contribution is 7.89. The Labute approximate surface area is 297 Å². The number of hydrogen-bond donors (Lipinski definition) is 4. The number of carbonyl (C=O) groups is 5. The van der Waals surface area contributed by atoms with E-state index in [1.807, 2.05) is 27.7 Å². The number of hydrogen-bond acceptors (Lipinski definition) is 8. The van der Waals surface area contributed by atoms with E-state index in [4.69, 9.17) is 0 Å². The summed E-state index contributed by atoms with van der Waals surface area (Å²) in [6.45, 7) is 12.0. The first-order valence-corrected chi connectivity index (χ1v) is 20.4. The smallest absolute Gasteiger partial charge is 0.315 e. The number of likely N-dealkylation sites (tertiary alicyclic amines) is 1.